The van der Waals surface area contributed by atoms with Crippen LogP contribution in [0.1, 0.15) is 22.7 Å². The summed E-state index contributed by atoms with van der Waals surface area (Å²) in [4.78, 5) is 17.5. The number of piperazine rings is 1. The van der Waals surface area contributed by atoms with E-state index in [0.717, 1.165) is 55.3 Å². The van der Waals surface area contributed by atoms with E-state index in [9.17, 15) is 4.79 Å². The standard InChI is InChI=1S/C23H32N4O2/c1-17-5-10-21(18(2)15-17)24-23(28)25-22(16-27-13-11-26(3)12-14-27)19-6-8-20(29-4)9-7-19/h5-10,15,22H,11-14,16H2,1-4H3,(H2,24,25,28). The largest absolute Gasteiger partial charge is 0.497 e. The second-order valence-electron chi connectivity index (χ2n) is 7.85. The van der Waals surface area contributed by atoms with E-state index in [-0.39, 0.29) is 12.1 Å². The van der Waals surface area contributed by atoms with Crippen LogP contribution in [0.4, 0.5) is 10.5 Å². The lowest BCUT2D eigenvalue weighted by molar-refractivity contribution is 0.143. The number of urea groups is 1. The van der Waals surface area contributed by atoms with Gasteiger partial charge in [0.1, 0.15) is 5.75 Å². The van der Waals surface area contributed by atoms with Crippen molar-refractivity contribution >= 4 is 11.7 Å². The molecule has 2 N–H and O–H groups in total. The second kappa shape index (κ2) is 9.76. The van der Waals surface area contributed by atoms with E-state index in [1.165, 1.54) is 5.56 Å². The Hall–Kier alpha value is -2.57. The number of nitrogens with one attached hydrogen (secondary N) is 2. The highest BCUT2D eigenvalue weighted by molar-refractivity contribution is 5.90. The summed E-state index contributed by atoms with van der Waals surface area (Å²) in [5.41, 5.74) is 4.14. The zero-order valence-corrected chi connectivity index (χ0v) is 17.9. The van der Waals surface area contributed by atoms with Gasteiger partial charge in [-0.05, 0) is 50.2 Å². The molecular weight excluding hydrogens is 364 g/mol. The molecule has 1 atom stereocenters. The van der Waals surface area contributed by atoms with E-state index in [0.29, 0.717) is 0 Å². The molecule has 1 unspecified atom stereocenters. The fraction of sp³-hybridized carbons (Fsp3) is 0.435. The van der Waals surface area contributed by atoms with E-state index < -0.39 is 0 Å². The highest BCUT2D eigenvalue weighted by Gasteiger charge is 2.21. The summed E-state index contributed by atoms with van der Waals surface area (Å²) in [6, 6.07) is 13.7. The number of hydrogen-bond acceptors (Lipinski definition) is 4. The zero-order chi connectivity index (χ0) is 20.8. The van der Waals surface area contributed by atoms with Gasteiger partial charge in [-0.3, -0.25) is 4.90 Å². The van der Waals surface area contributed by atoms with Crippen LogP contribution in [0.5, 0.6) is 5.75 Å². The molecule has 0 radical (unpaired) electrons. The molecule has 29 heavy (non-hydrogen) atoms. The highest BCUT2D eigenvalue weighted by atomic mass is 16.5. The van der Waals surface area contributed by atoms with Gasteiger partial charge in [-0.2, -0.15) is 0 Å². The number of rotatable bonds is 6. The molecule has 1 heterocycles. The first-order valence-electron chi connectivity index (χ1n) is 10.1. The van der Waals surface area contributed by atoms with Gasteiger partial charge in [0.25, 0.3) is 0 Å². The normalized spacial score (nSPS) is 16.3. The summed E-state index contributed by atoms with van der Waals surface area (Å²) in [5, 5.41) is 6.18. The molecule has 0 aliphatic carbocycles. The molecule has 2 aromatic carbocycles. The summed E-state index contributed by atoms with van der Waals surface area (Å²) >= 11 is 0. The summed E-state index contributed by atoms with van der Waals surface area (Å²) in [6.07, 6.45) is 0. The molecule has 2 amide bonds. The SMILES string of the molecule is COc1ccc(C(CN2CCN(C)CC2)NC(=O)Nc2ccc(C)cc2C)cc1. The van der Waals surface area contributed by atoms with Crippen LogP contribution >= 0.6 is 0 Å². The first-order valence-corrected chi connectivity index (χ1v) is 10.1. The Kier molecular flexibility index (Phi) is 7.12. The van der Waals surface area contributed by atoms with Gasteiger partial charge >= 0.3 is 6.03 Å². The molecule has 1 aliphatic rings. The summed E-state index contributed by atoms with van der Waals surface area (Å²) in [5.74, 6) is 0.812. The molecule has 0 spiro atoms. The van der Waals surface area contributed by atoms with Gasteiger partial charge < -0.3 is 20.3 Å². The maximum Gasteiger partial charge on any atom is 0.319 e. The minimum atomic E-state index is -0.188. The quantitative estimate of drug-likeness (QED) is 0.786. The average Bonchev–Trinajstić information content (AvgIpc) is 2.71. The van der Waals surface area contributed by atoms with Crippen molar-refractivity contribution in [3.05, 3.63) is 59.2 Å². The van der Waals surface area contributed by atoms with Crippen molar-refractivity contribution in [1.29, 1.82) is 0 Å². The van der Waals surface area contributed by atoms with Crippen molar-refractivity contribution in [2.45, 2.75) is 19.9 Å². The number of ether oxygens (including phenoxy) is 1. The number of carbonyl (C=O) groups excluding carboxylic acids is 1. The van der Waals surface area contributed by atoms with Crippen LogP contribution in [-0.2, 0) is 0 Å². The van der Waals surface area contributed by atoms with Crippen molar-refractivity contribution in [2.75, 3.05) is 52.2 Å². The van der Waals surface area contributed by atoms with E-state index in [4.69, 9.17) is 4.74 Å². The Morgan fingerprint density at radius 2 is 1.76 bits per heavy atom. The average molecular weight is 397 g/mol. The number of anilines is 1. The predicted octanol–water partition coefficient (Wildman–Crippen LogP) is 3.42. The number of amides is 2. The molecular formula is C23H32N4O2. The van der Waals surface area contributed by atoms with Crippen LogP contribution in [0.3, 0.4) is 0 Å². The third-order valence-electron chi connectivity index (χ3n) is 5.49. The lowest BCUT2D eigenvalue weighted by Crippen LogP contribution is -2.48. The Morgan fingerprint density at radius 3 is 2.38 bits per heavy atom. The molecule has 1 aliphatic heterocycles. The van der Waals surface area contributed by atoms with Crippen molar-refractivity contribution in [3.8, 4) is 5.75 Å². The Bertz CT molecular complexity index is 814. The monoisotopic (exact) mass is 396 g/mol. The predicted molar refractivity (Wildman–Crippen MR) is 118 cm³/mol. The summed E-state index contributed by atoms with van der Waals surface area (Å²) in [6.45, 7) is 8.93. The lowest BCUT2D eigenvalue weighted by atomic mass is 10.1. The fourth-order valence-electron chi connectivity index (χ4n) is 3.63. The maximum atomic E-state index is 12.8. The molecule has 0 bridgehead atoms. The van der Waals surface area contributed by atoms with Crippen molar-refractivity contribution in [3.63, 3.8) is 0 Å². The highest BCUT2D eigenvalue weighted by Crippen LogP contribution is 2.21. The van der Waals surface area contributed by atoms with Crippen molar-refractivity contribution in [2.24, 2.45) is 0 Å². The van der Waals surface area contributed by atoms with Crippen LogP contribution in [0, 0.1) is 13.8 Å². The van der Waals surface area contributed by atoms with Crippen LogP contribution in [0.2, 0.25) is 0 Å². The van der Waals surface area contributed by atoms with Crippen LogP contribution < -0.4 is 15.4 Å². The molecule has 0 aromatic heterocycles. The Morgan fingerprint density at radius 1 is 1.07 bits per heavy atom. The number of benzene rings is 2. The molecule has 0 saturated carbocycles. The zero-order valence-electron chi connectivity index (χ0n) is 17.9. The van der Waals surface area contributed by atoms with Crippen molar-refractivity contribution < 1.29 is 9.53 Å². The lowest BCUT2D eigenvalue weighted by Gasteiger charge is -2.35. The fourth-order valence-corrected chi connectivity index (χ4v) is 3.63. The van der Waals surface area contributed by atoms with E-state index in [1.807, 2.05) is 50.2 Å². The Labute approximate surface area is 173 Å². The van der Waals surface area contributed by atoms with Gasteiger partial charge in [0.2, 0.25) is 0 Å². The van der Waals surface area contributed by atoms with Crippen LogP contribution in [0.15, 0.2) is 42.5 Å². The first-order chi connectivity index (χ1) is 13.9. The topological polar surface area (TPSA) is 56.8 Å². The van der Waals surface area contributed by atoms with Crippen LogP contribution in [-0.4, -0.2) is 62.7 Å². The minimum Gasteiger partial charge on any atom is -0.497 e. The Balaban J connectivity index is 1.71. The number of carbonyl (C=O) groups is 1. The van der Waals surface area contributed by atoms with Gasteiger partial charge in [0.05, 0.1) is 13.2 Å². The number of methoxy groups -OCH3 is 1. The molecule has 1 saturated heterocycles. The van der Waals surface area contributed by atoms with E-state index in [2.05, 4.69) is 33.5 Å². The minimum absolute atomic E-state index is 0.102. The van der Waals surface area contributed by atoms with Gasteiger partial charge in [0.15, 0.2) is 0 Å². The first kappa shape index (κ1) is 21.1. The number of hydrogen-bond donors (Lipinski definition) is 2. The summed E-state index contributed by atoms with van der Waals surface area (Å²) < 4.78 is 5.28. The van der Waals surface area contributed by atoms with E-state index >= 15 is 0 Å². The van der Waals surface area contributed by atoms with Gasteiger partial charge in [-0.15, -0.1) is 0 Å². The molecule has 2 aromatic rings. The molecule has 6 heteroatoms. The van der Waals surface area contributed by atoms with Crippen molar-refractivity contribution in [1.82, 2.24) is 15.1 Å². The molecule has 3 rings (SSSR count). The molecule has 156 valence electrons. The molecule has 6 nitrogen and oxygen atoms in total. The number of aryl methyl sites for hydroxylation is 2. The molecule has 1 fully saturated rings. The number of nitrogens with zero attached hydrogens (tertiary/aromatic N) is 2. The van der Waals surface area contributed by atoms with E-state index in [1.54, 1.807) is 7.11 Å². The van der Waals surface area contributed by atoms with Gasteiger partial charge in [-0.25, -0.2) is 4.79 Å². The van der Waals surface area contributed by atoms with Crippen LogP contribution in [0.25, 0.3) is 0 Å². The second-order valence-corrected chi connectivity index (χ2v) is 7.85. The summed E-state index contributed by atoms with van der Waals surface area (Å²) in [7, 11) is 3.81. The third kappa shape index (κ3) is 5.95. The van der Waals surface area contributed by atoms with Gasteiger partial charge in [-0.1, -0.05) is 29.8 Å². The van der Waals surface area contributed by atoms with Gasteiger partial charge in [0, 0.05) is 38.4 Å². The third-order valence-corrected chi connectivity index (χ3v) is 5.49. The number of likely N-dealkylation sites (N-methyl/N-ethyl adjacent to an activating group) is 1. The smallest absolute Gasteiger partial charge is 0.319 e. The maximum absolute atomic E-state index is 12.8.